The number of ether oxygens (including phenoxy) is 8. The van der Waals surface area contributed by atoms with Gasteiger partial charge in [-0.15, -0.1) is 0 Å². The zero-order chi connectivity index (χ0) is 89.5. The van der Waals surface area contributed by atoms with Crippen molar-refractivity contribution < 1.29 is 120 Å². The van der Waals surface area contributed by atoms with Crippen molar-refractivity contribution in [2.75, 3.05) is 68.3 Å². The van der Waals surface area contributed by atoms with Crippen molar-refractivity contribution in [3.8, 4) is 5.75 Å². The van der Waals surface area contributed by atoms with E-state index in [0.717, 1.165) is 107 Å². The summed E-state index contributed by atoms with van der Waals surface area (Å²) >= 11 is 0. The van der Waals surface area contributed by atoms with Crippen molar-refractivity contribution >= 4 is 100 Å². The van der Waals surface area contributed by atoms with Gasteiger partial charge in [-0.05, 0) is 219 Å². The van der Waals surface area contributed by atoms with Crippen LogP contribution < -0.4 is 42.4 Å². The Morgan fingerprint density at radius 1 is 0.512 bits per heavy atom. The SMILES string of the molecule is CC(C)(C)OC(=O)N1CC2(CCCC2)C[C@H]1C(=O)O.COC(=O)[C@@H](N)C[C@@H]1CCNC1=O.COC(=O)[C@H](C[C@@H]1CCCC1=O)NC(=O)[C@@H]1CC2(CCCC2)CN1.COC(=O)[C@H](C[C@@H]1CCCC1=O)NC(=O)[C@@H]1CC2(CCCC2)CN1C(=O)OC(C)(C)C.COC(=O)[C@H](C[C@@H]1CCNC1=O)NC(=O)OC(C)(C)C.COc1cccc2[nH]c(C(=O)O)cc12. The number of carbonyl (C=O) groups excluding carboxylic acids is 13. The van der Waals surface area contributed by atoms with Gasteiger partial charge in [0, 0.05) is 80.1 Å². The Kier molecular flexibility index (Phi) is 35.7. The average Bonchev–Trinajstić information content (AvgIpc) is 1.63. The van der Waals surface area contributed by atoms with Crippen LogP contribution in [0.1, 0.15) is 246 Å². The summed E-state index contributed by atoms with van der Waals surface area (Å²) in [5.74, 6) is -4.40. The minimum atomic E-state index is -0.969. The van der Waals surface area contributed by atoms with Crippen LogP contribution in [-0.4, -0.2) is 242 Å². The number of alkyl carbamates (subject to hydrolysis) is 1. The molecule has 11 atom stereocenters. The summed E-state index contributed by atoms with van der Waals surface area (Å²) in [4.78, 5) is 184. The molecule has 5 aliphatic carbocycles. The van der Waals surface area contributed by atoms with E-state index in [0.29, 0.717) is 76.9 Å². The lowest BCUT2D eigenvalue weighted by atomic mass is 9.83. The molecule has 7 amide bonds. The number of esters is 4. The number of ketones is 2. The summed E-state index contributed by atoms with van der Waals surface area (Å²) in [6.07, 6.45) is 20.4. The molecular formula is C86H132N10O25. The number of Topliss-reactive ketones (excluding diaryl/α,β-unsaturated/α-hetero) is 2. The van der Waals surface area contributed by atoms with Gasteiger partial charge in [0.05, 0.1) is 41.6 Å². The molecule has 35 nitrogen and oxygen atoms in total. The molecule has 5 aliphatic heterocycles. The number of H-pyrrole nitrogens is 1. The van der Waals surface area contributed by atoms with Crippen molar-refractivity contribution in [2.24, 2.45) is 45.7 Å². The Labute approximate surface area is 708 Å². The molecule has 5 saturated carbocycles. The van der Waals surface area contributed by atoms with Crippen LogP contribution in [0.5, 0.6) is 5.75 Å². The summed E-state index contributed by atoms with van der Waals surface area (Å²) in [7, 11) is 6.67. The number of rotatable bonds is 20. The highest BCUT2D eigenvalue weighted by atomic mass is 16.6. The molecule has 121 heavy (non-hydrogen) atoms. The number of methoxy groups -OCH3 is 5. The summed E-state index contributed by atoms with van der Waals surface area (Å²) in [5, 5.41) is 35.7. The summed E-state index contributed by atoms with van der Waals surface area (Å²) in [6, 6.07) is 2.12. The summed E-state index contributed by atoms with van der Waals surface area (Å²) < 4.78 is 39.9. The quantitative estimate of drug-likeness (QED) is 0.0439. The predicted octanol–water partition coefficient (Wildman–Crippen LogP) is 8.41. The maximum absolute atomic E-state index is 13.3. The molecule has 2 aromatic rings. The minimum absolute atomic E-state index is 0.0139. The van der Waals surface area contributed by atoms with E-state index in [1.807, 2.05) is 12.1 Å². The number of benzene rings is 1. The lowest BCUT2D eigenvalue weighted by Crippen LogP contribution is -2.52. The number of nitrogens with zero attached hydrogens (tertiary/aromatic N) is 2. The third kappa shape index (κ3) is 29.0. The number of aliphatic carboxylic acids is 1. The van der Waals surface area contributed by atoms with Gasteiger partial charge in [-0.25, -0.2) is 38.4 Å². The van der Waals surface area contributed by atoms with Gasteiger partial charge in [0.15, 0.2) is 0 Å². The van der Waals surface area contributed by atoms with Crippen molar-refractivity contribution in [3.63, 3.8) is 0 Å². The first-order valence-corrected chi connectivity index (χ1v) is 42.5. The monoisotopic (exact) mass is 1700 g/mol. The van der Waals surface area contributed by atoms with Crippen LogP contribution in [0.25, 0.3) is 10.9 Å². The maximum atomic E-state index is 13.3. The third-order valence-corrected chi connectivity index (χ3v) is 24.2. The van der Waals surface area contributed by atoms with Gasteiger partial charge in [-0.1, -0.05) is 44.6 Å². The van der Waals surface area contributed by atoms with Gasteiger partial charge < -0.3 is 90.7 Å². The maximum Gasteiger partial charge on any atom is 0.411 e. The average molecular weight is 1710 g/mol. The number of amides is 7. The molecule has 10 aliphatic rings. The van der Waals surface area contributed by atoms with Crippen molar-refractivity contribution in [2.45, 2.75) is 295 Å². The fraction of sp³-hybridized carbons (Fsp3) is 0.733. The van der Waals surface area contributed by atoms with E-state index < -0.39 is 107 Å². The molecule has 3 spiro atoms. The topological polar surface area (TPSA) is 491 Å². The number of aromatic nitrogens is 1. The number of aromatic carboxylic acids is 1. The Morgan fingerprint density at radius 2 is 0.934 bits per heavy atom. The first-order chi connectivity index (χ1) is 56.9. The normalized spacial score (nSPS) is 23.7. The second-order valence-electron chi connectivity index (χ2n) is 36.8. The minimum Gasteiger partial charge on any atom is -0.496 e. The molecule has 0 radical (unpaired) electrons. The zero-order valence-electron chi connectivity index (χ0n) is 73.0. The molecule has 676 valence electrons. The van der Waals surface area contributed by atoms with Crippen LogP contribution in [0.15, 0.2) is 24.3 Å². The number of fused-ring (bicyclic) bond motifs is 1. The summed E-state index contributed by atoms with van der Waals surface area (Å²) in [5.41, 5.74) is 4.75. The van der Waals surface area contributed by atoms with E-state index >= 15 is 0 Å². The molecule has 0 unspecified atom stereocenters. The molecule has 11 N–H and O–H groups in total. The Balaban J connectivity index is 0.000000205. The van der Waals surface area contributed by atoms with Crippen LogP contribution in [0, 0.1) is 39.9 Å². The first kappa shape index (κ1) is 98.4. The highest BCUT2D eigenvalue weighted by Gasteiger charge is 2.53. The standard InChI is InChI=1S/C23H36N2O6.C18H28N2O4.C14H23NO4.C13H22N2O5.C10H9NO3.C8H14N2O3/c1-22(2,3)31-21(29)25-14-23(10-5-6-11-23)13-17(25)19(27)24-16(20(28)30-4)12-15-8-7-9-18(15)26;1-24-17(23)13(9-12-5-4-6-15(12)21)20-16(22)14-10-18(11-19-14)7-2-3-8-18;1-13(2,3)19-12(18)15-9-14(6-4-5-7-14)8-10(15)11(16)17;1-13(2,3)20-12(18)15-9(11(17)19-4)7-8-5-6-14-10(8)16;1-14-9-4-2-3-7-6(9)5-8(11-7)10(12)13;1-13-8(12)6(9)4-5-2-3-10-7(5)11/h15-17H,5-14H2,1-4H3,(H,24,27);12-14,19H,2-11H2,1H3,(H,20,22);10H,4-9H2,1-3H3,(H,16,17);8-9H,5-7H2,1-4H3,(H,14,16)(H,15,18);2-5,11H,1H3,(H,12,13);5-6H,2-4,9H2,1H3,(H,10,11)/t15-,16-,17-;12-,13-,14-;10-;8-,9-;;5-,6-/m0000.0/s1. The van der Waals surface area contributed by atoms with Crippen LogP contribution in [0.4, 0.5) is 14.4 Å². The zero-order valence-corrected chi connectivity index (χ0v) is 73.0. The Bertz CT molecular complexity index is 3970. The van der Waals surface area contributed by atoms with Gasteiger partial charge >= 0.3 is 54.1 Å². The number of aromatic amines is 1. The highest BCUT2D eigenvalue weighted by molar-refractivity contribution is 5.97. The fourth-order valence-corrected chi connectivity index (χ4v) is 18.1. The second kappa shape index (κ2) is 43.9. The summed E-state index contributed by atoms with van der Waals surface area (Å²) in [6.45, 7) is 19.1. The highest BCUT2D eigenvalue weighted by Crippen LogP contribution is 2.50. The van der Waals surface area contributed by atoms with Crippen LogP contribution in [0.3, 0.4) is 0 Å². The molecule has 1 aromatic carbocycles. The van der Waals surface area contributed by atoms with E-state index in [-0.39, 0.29) is 99.7 Å². The predicted molar refractivity (Wildman–Crippen MR) is 440 cm³/mol. The van der Waals surface area contributed by atoms with Crippen LogP contribution in [-0.2, 0) is 85.9 Å². The molecule has 12 rings (SSSR count). The number of likely N-dealkylation sites (tertiary alicyclic amines) is 2. The number of hydrogen-bond donors (Lipinski definition) is 10. The smallest absolute Gasteiger partial charge is 0.411 e. The molecule has 1 aromatic heterocycles. The number of nitrogens with one attached hydrogen (secondary N) is 7. The number of nitrogens with two attached hydrogens (primary N) is 1. The van der Waals surface area contributed by atoms with Gasteiger partial charge in [-0.3, -0.25) is 43.4 Å². The van der Waals surface area contributed by atoms with E-state index in [2.05, 4.69) is 46.4 Å². The lowest BCUT2D eigenvalue weighted by molar-refractivity contribution is -0.146. The number of carbonyl (C=O) groups is 15. The number of hydrogen-bond acceptors (Lipinski definition) is 25. The van der Waals surface area contributed by atoms with E-state index in [1.54, 1.807) is 81.6 Å². The molecule has 0 bridgehead atoms. The van der Waals surface area contributed by atoms with Gasteiger partial charge in [0.25, 0.3) is 0 Å². The van der Waals surface area contributed by atoms with E-state index in [4.69, 9.17) is 39.3 Å². The van der Waals surface area contributed by atoms with E-state index in [1.165, 1.54) is 63.9 Å². The van der Waals surface area contributed by atoms with E-state index in [9.17, 15) is 77.0 Å². The molecule has 10 fully saturated rings. The first-order valence-electron chi connectivity index (χ1n) is 42.5. The molecule has 6 heterocycles. The second-order valence-corrected chi connectivity index (χ2v) is 36.8. The van der Waals surface area contributed by atoms with Crippen molar-refractivity contribution in [3.05, 3.63) is 30.0 Å². The van der Waals surface area contributed by atoms with Gasteiger partial charge in [0.1, 0.15) is 76.1 Å². The third-order valence-electron chi connectivity index (χ3n) is 24.2. The number of carboxylic acid groups (broad SMARTS) is 2. The fourth-order valence-electron chi connectivity index (χ4n) is 18.1. The molecule has 35 heteroatoms. The van der Waals surface area contributed by atoms with Crippen LogP contribution >= 0.6 is 0 Å². The van der Waals surface area contributed by atoms with Crippen molar-refractivity contribution in [1.82, 2.24) is 46.7 Å². The Morgan fingerprint density at radius 3 is 1.34 bits per heavy atom. The molecule has 5 saturated heterocycles. The Hall–Kier alpha value is -9.67. The molecular weight excluding hydrogens is 1570 g/mol. The van der Waals surface area contributed by atoms with Crippen LogP contribution in [0.2, 0.25) is 0 Å². The largest absolute Gasteiger partial charge is 0.496 e. The number of carboxylic acids is 2. The van der Waals surface area contributed by atoms with Gasteiger partial charge in [-0.2, -0.15) is 0 Å². The van der Waals surface area contributed by atoms with Gasteiger partial charge in [0.2, 0.25) is 23.6 Å². The van der Waals surface area contributed by atoms with Crippen molar-refractivity contribution in [1.29, 1.82) is 0 Å². The lowest BCUT2D eigenvalue weighted by Gasteiger charge is -2.29.